The topological polar surface area (TPSA) is 78.4 Å². The fourth-order valence-electron chi connectivity index (χ4n) is 1.80. The molecule has 2 unspecified atom stereocenters. The fourth-order valence-corrected chi connectivity index (χ4v) is 2.58. The normalized spacial score (nSPS) is 15.5. The van der Waals surface area contributed by atoms with Gasteiger partial charge in [0.1, 0.15) is 11.6 Å². The summed E-state index contributed by atoms with van der Waals surface area (Å²) in [6, 6.07) is 3.08. The molecule has 6 heteroatoms. The van der Waals surface area contributed by atoms with Gasteiger partial charge in [-0.2, -0.15) is 0 Å². The van der Waals surface area contributed by atoms with Gasteiger partial charge in [0.25, 0.3) is 0 Å². The number of thiophene rings is 1. The van der Waals surface area contributed by atoms with Crippen molar-refractivity contribution < 1.29 is 14.7 Å². The summed E-state index contributed by atoms with van der Waals surface area (Å²) in [6.07, 6.45) is 0. The zero-order valence-corrected chi connectivity index (χ0v) is 13.1. The standard InChI is InChI=1S/C14H22N2O3S/c1-9(2)12(16-10(3)17)13(18)15-8-14(4,19)11-6-5-7-20-11/h5-7,9,12,19H,8H2,1-4H3,(H,15,18)(H,16,17). The summed E-state index contributed by atoms with van der Waals surface area (Å²) in [4.78, 5) is 24.0. The first-order chi connectivity index (χ1) is 9.24. The molecule has 0 radical (unpaired) electrons. The number of carbonyl (C=O) groups is 2. The highest BCUT2D eigenvalue weighted by molar-refractivity contribution is 7.10. The Morgan fingerprint density at radius 1 is 1.45 bits per heavy atom. The van der Waals surface area contributed by atoms with E-state index in [-0.39, 0.29) is 24.3 Å². The maximum Gasteiger partial charge on any atom is 0.242 e. The number of hydrogen-bond acceptors (Lipinski definition) is 4. The first-order valence-corrected chi connectivity index (χ1v) is 7.43. The Balaban J connectivity index is 2.63. The quantitative estimate of drug-likeness (QED) is 0.739. The third-order valence-electron chi connectivity index (χ3n) is 2.97. The van der Waals surface area contributed by atoms with Crippen molar-refractivity contribution in [1.29, 1.82) is 0 Å². The van der Waals surface area contributed by atoms with Crippen LogP contribution in [0.2, 0.25) is 0 Å². The lowest BCUT2D eigenvalue weighted by Gasteiger charge is -2.26. The molecule has 1 aromatic heterocycles. The molecular formula is C14H22N2O3S. The number of nitrogens with one attached hydrogen (secondary N) is 2. The summed E-state index contributed by atoms with van der Waals surface area (Å²) in [5, 5.41) is 17.5. The van der Waals surface area contributed by atoms with Crippen molar-refractivity contribution in [2.24, 2.45) is 5.92 Å². The molecule has 0 bridgehead atoms. The average Bonchev–Trinajstić information content (AvgIpc) is 2.87. The summed E-state index contributed by atoms with van der Waals surface area (Å²) in [7, 11) is 0. The predicted molar refractivity (Wildman–Crippen MR) is 79.3 cm³/mol. The lowest BCUT2D eigenvalue weighted by molar-refractivity contribution is -0.129. The summed E-state index contributed by atoms with van der Waals surface area (Å²) >= 11 is 1.44. The first kappa shape index (κ1) is 16.7. The fraction of sp³-hybridized carbons (Fsp3) is 0.571. The Morgan fingerprint density at radius 3 is 2.55 bits per heavy atom. The minimum absolute atomic E-state index is 0.0226. The molecule has 0 aliphatic heterocycles. The summed E-state index contributed by atoms with van der Waals surface area (Å²) < 4.78 is 0. The number of carbonyl (C=O) groups excluding carboxylic acids is 2. The second-order valence-electron chi connectivity index (χ2n) is 5.39. The minimum atomic E-state index is -1.11. The second kappa shape index (κ2) is 6.85. The number of hydrogen-bond donors (Lipinski definition) is 3. The van der Waals surface area contributed by atoms with Crippen LogP contribution in [0.3, 0.4) is 0 Å². The SMILES string of the molecule is CC(=O)NC(C(=O)NCC(C)(O)c1cccs1)C(C)C. The van der Waals surface area contributed by atoms with Crippen LogP contribution in [0.25, 0.3) is 0 Å². The van der Waals surface area contributed by atoms with E-state index in [2.05, 4.69) is 10.6 Å². The molecule has 0 fully saturated rings. The van der Waals surface area contributed by atoms with Crippen molar-refractivity contribution >= 4 is 23.2 Å². The molecule has 0 saturated carbocycles. The Bertz CT molecular complexity index is 455. The predicted octanol–water partition coefficient (Wildman–Crippen LogP) is 1.23. The van der Waals surface area contributed by atoms with E-state index in [1.807, 2.05) is 31.4 Å². The average molecular weight is 298 g/mol. The molecule has 112 valence electrons. The van der Waals surface area contributed by atoms with Crippen molar-refractivity contribution in [3.63, 3.8) is 0 Å². The van der Waals surface area contributed by atoms with Crippen LogP contribution in [0.1, 0.15) is 32.6 Å². The Hall–Kier alpha value is -1.40. The second-order valence-corrected chi connectivity index (χ2v) is 6.34. The van der Waals surface area contributed by atoms with Gasteiger partial charge in [-0.25, -0.2) is 0 Å². The maximum atomic E-state index is 12.1. The zero-order valence-electron chi connectivity index (χ0n) is 12.3. The van der Waals surface area contributed by atoms with E-state index in [1.165, 1.54) is 18.3 Å². The van der Waals surface area contributed by atoms with E-state index in [4.69, 9.17) is 0 Å². The molecule has 0 saturated heterocycles. The van der Waals surface area contributed by atoms with Crippen LogP contribution in [0, 0.1) is 5.92 Å². The van der Waals surface area contributed by atoms with Crippen LogP contribution >= 0.6 is 11.3 Å². The van der Waals surface area contributed by atoms with Crippen LogP contribution in [0.15, 0.2) is 17.5 Å². The van der Waals surface area contributed by atoms with Gasteiger partial charge in [-0.15, -0.1) is 11.3 Å². The zero-order chi connectivity index (χ0) is 15.3. The van der Waals surface area contributed by atoms with Gasteiger partial charge in [-0.3, -0.25) is 9.59 Å². The van der Waals surface area contributed by atoms with Gasteiger partial charge in [0.15, 0.2) is 0 Å². The van der Waals surface area contributed by atoms with Crippen molar-refractivity contribution in [1.82, 2.24) is 10.6 Å². The van der Waals surface area contributed by atoms with Crippen LogP contribution < -0.4 is 10.6 Å². The van der Waals surface area contributed by atoms with Crippen LogP contribution in [-0.2, 0) is 15.2 Å². The molecule has 0 spiro atoms. The molecule has 1 aromatic rings. The number of rotatable bonds is 6. The van der Waals surface area contributed by atoms with E-state index in [1.54, 1.807) is 6.92 Å². The van der Waals surface area contributed by atoms with Crippen molar-refractivity contribution in [2.75, 3.05) is 6.54 Å². The van der Waals surface area contributed by atoms with E-state index in [9.17, 15) is 14.7 Å². The smallest absolute Gasteiger partial charge is 0.242 e. The van der Waals surface area contributed by atoms with Crippen LogP contribution in [0.4, 0.5) is 0 Å². The Labute approximate surface area is 123 Å². The van der Waals surface area contributed by atoms with Crippen molar-refractivity contribution in [3.8, 4) is 0 Å². The van der Waals surface area contributed by atoms with Crippen LogP contribution in [0.5, 0.6) is 0 Å². The van der Waals surface area contributed by atoms with Gasteiger partial charge in [-0.1, -0.05) is 19.9 Å². The first-order valence-electron chi connectivity index (χ1n) is 6.55. The summed E-state index contributed by atoms with van der Waals surface area (Å²) in [5.74, 6) is -0.554. The summed E-state index contributed by atoms with van der Waals surface area (Å²) in [6.45, 7) is 6.86. The highest BCUT2D eigenvalue weighted by Crippen LogP contribution is 2.24. The molecular weight excluding hydrogens is 276 g/mol. The van der Waals surface area contributed by atoms with Gasteiger partial charge < -0.3 is 15.7 Å². The minimum Gasteiger partial charge on any atom is -0.383 e. The molecule has 1 rings (SSSR count). The van der Waals surface area contributed by atoms with Gasteiger partial charge in [0, 0.05) is 11.8 Å². The molecule has 3 N–H and O–H groups in total. The lowest BCUT2D eigenvalue weighted by Crippen LogP contribution is -2.51. The molecule has 5 nitrogen and oxygen atoms in total. The van der Waals surface area contributed by atoms with E-state index in [0.717, 1.165) is 4.88 Å². The molecule has 2 amide bonds. The molecule has 0 aromatic carbocycles. The van der Waals surface area contributed by atoms with E-state index >= 15 is 0 Å². The van der Waals surface area contributed by atoms with Gasteiger partial charge >= 0.3 is 0 Å². The number of amides is 2. The highest BCUT2D eigenvalue weighted by atomic mass is 32.1. The molecule has 1 heterocycles. The third kappa shape index (κ3) is 4.61. The maximum absolute atomic E-state index is 12.1. The van der Waals surface area contributed by atoms with Gasteiger partial charge in [0.05, 0.1) is 6.54 Å². The third-order valence-corrected chi connectivity index (χ3v) is 4.09. The van der Waals surface area contributed by atoms with Crippen molar-refractivity contribution in [3.05, 3.63) is 22.4 Å². The molecule has 0 aliphatic carbocycles. The molecule has 20 heavy (non-hydrogen) atoms. The highest BCUT2D eigenvalue weighted by Gasteiger charge is 2.28. The van der Waals surface area contributed by atoms with Crippen LogP contribution in [-0.4, -0.2) is 29.5 Å². The van der Waals surface area contributed by atoms with Gasteiger partial charge in [-0.05, 0) is 24.3 Å². The van der Waals surface area contributed by atoms with E-state index in [0.29, 0.717) is 0 Å². The molecule has 2 atom stereocenters. The largest absolute Gasteiger partial charge is 0.383 e. The number of aliphatic hydroxyl groups is 1. The Kier molecular flexibility index (Phi) is 5.71. The molecule has 0 aliphatic rings. The summed E-state index contributed by atoms with van der Waals surface area (Å²) in [5.41, 5.74) is -1.11. The monoisotopic (exact) mass is 298 g/mol. The lowest BCUT2D eigenvalue weighted by atomic mass is 10.0. The Morgan fingerprint density at radius 2 is 2.10 bits per heavy atom. The van der Waals surface area contributed by atoms with Crippen molar-refractivity contribution in [2.45, 2.75) is 39.3 Å². The van der Waals surface area contributed by atoms with Gasteiger partial charge in [0.2, 0.25) is 11.8 Å². The van der Waals surface area contributed by atoms with E-state index < -0.39 is 11.6 Å².